The van der Waals surface area contributed by atoms with Gasteiger partial charge in [0.1, 0.15) is 5.70 Å². The summed E-state index contributed by atoms with van der Waals surface area (Å²) in [5.74, 6) is 1.97. The maximum atomic E-state index is 5.31. The molecule has 0 spiro atoms. The maximum absolute atomic E-state index is 5.31. The molecule has 186 valence electrons. The summed E-state index contributed by atoms with van der Waals surface area (Å²) in [7, 11) is 6.52. The van der Waals surface area contributed by atoms with Crippen molar-refractivity contribution in [3.05, 3.63) is 59.6 Å². The molecule has 1 atom stereocenters. The van der Waals surface area contributed by atoms with Crippen LogP contribution in [0.15, 0.2) is 58.4 Å². The third-order valence-electron chi connectivity index (χ3n) is 7.64. The fraction of sp³-hybridized carbons (Fsp3) is 0.519. The number of rotatable bonds is 3. The highest BCUT2D eigenvalue weighted by Gasteiger charge is 2.48. The van der Waals surface area contributed by atoms with Gasteiger partial charge in [0.15, 0.2) is 5.82 Å². The molecule has 3 aliphatic rings. The number of fused-ring (bicyclic) bond motifs is 1. The standard InChI is InChI=1S/C27H39N8/c1-19-8-9-20(27(2,3)4)16-22(19)30-24-23-25(29-18-32(23)5)35(6,7)26(31-24)33-13-10-21(11-14-33)34-15-12-28-17-34/h8-9,12,15-18,21,25,30H,10-11,13-14H2,1-7H3/q+1. The SMILES string of the molecule is Cc1ccc(C(C)(C)C)cc1NC1=C2C(N=CN2C)[N+](C)(C)C(N2CCC(n3ccnc3)CC2)=N1. The van der Waals surface area contributed by atoms with E-state index in [0.717, 1.165) is 49.1 Å². The largest absolute Gasteiger partial charge is 0.338 e. The molecule has 1 N–H and O–H groups in total. The van der Waals surface area contributed by atoms with Crippen molar-refractivity contribution >= 4 is 18.0 Å². The van der Waals surface area contributed by atoms with E-state index in [2.05, 4.69) is 97.9 Å². The Kier molecular flexibility index (Phi) is 5.74. The van der Waals surface area contributed by atoms with Gasteiger partial charge in [-0.1, -0.05) is 32.9 Å². The summed E-state index contributed by atoms with van der Waals surface area (Å²) < 4.78 is 2.85. The fourth-order valence-corrected chi connectivity index (χ4v) is 5.36. The van der Waals surface area contributed by atoms with Gasteiger partial charge in [-0.05, 0) is 42.4 Å². The third-order valence-corrected chi connectivity index (χ3v) is 7.64. The number of likely N-dealkylation sites (N-methyl/N-ethyl adjacent to an activating group) is 2. The zero-order chi connectivity index (χ0) is 25.0. The lowest BCUT2D eigenvalue weighted by molar-refractivity contribution is -0.827. The topological polar surface area (TPSA) is 61.1 Å². The summed E-state index contributed by atoms with van der Waals surface area (Å²) in [5, 5.41) is 3.72. The summed E-state index contributed by atoms with van der Waals surface area (Å²) >= 11 is 0. The molecule has 0 radical (unpaired) electrons. The predicted octanol–water partition coefficient (Wildman–Crippen LogP) is 4.15. The molecule has 4 heterocycles. The van der Waals surface area contributed by atoms with Crippen molar-refractivity contribution in [3.63, 3.8) is 0 Å². The molecular weight excluding hydrogens is 436 g/mol. The summed E-state index contributed by atoms with van der Waals surface area (Å²) in [6, 6.07) is 7.20. The van der Waals surface area contributed by atoms with Crippen LogP contribution in [0.3, 0.4) is 0 Å². The van der Waals surface area contributed by atoms with Crippen LogP contribution < -0.4 is 5.32 Å². The van der Waals surface area contributed by atoms with Gasteiger partial charge in [0.05, 0.1) is 26.8 Å². The van der Waals surface area contributed by atoms with Crippen LogP contribution in [0.1, 0.15) is 50.8 Å². The molecule has 8 heteroatoms. The number of piperidine rings is 1. The van der Waals surface area contributed by atoms with Gasteiger partial charge >= 0.3 is 5.96 Å². The molecule has 2 aromatic rings. The lowest BCUT2D eigenvalue weighted by Gasteiger charge is -2.44. The number of benzene rings is 1. The molecule has 3 aliphatic heterocycles. The Morgan fingerprint density at radius 1 is 1.11 bits per heavy atom. The summed E-state index contributed by atoms with van der Waals surface area (Å²) in [5.41, 5.74) is 4.82. The molecule has 0 aliphatic carbocycles. The van der Waals surface area contributed by atoms with Crippen molar-refractivity contribution in [3.8, 4) is 0 Å². The van der Waals surface area contributed by atoms with Crippen LogP contribution in [0.4, 0.5) is 5.69 Å². The van der Waals surface area contributed by atoms with Gasteiger partial charge in [-0.25, -0.2) is 14.5 Å². The van der Waals surface area contributed by atoms with Crippen molar-refractivity contribution in [1.82, 2.24) is 19.4 Å². The number of anilines is 1. The quantitative estimate of drug-likeness (QED) is 0.678. The first-order chi connectivity index (χ1) is 16.6. The second-order valence-electron chi connectivity index (χ2n) is 11.6. The molecule has 35 heavy (non-hydrogen) atoms. The Balaban J connectivity index is 1.48. The Morgan fingerprint density at radius 3 is 2.51 bits per heavy atom. The first-order valence-electron chi connectivity index (χ1n) is 12.6. The number of guanidine groups is 1. The zero-order valence-electron chi connectivity index (χ0n) is 22.2. The molecule has 1 aromatic carbocycles. The van der Waals surface area contributed by atoms with Gasteiger partial charge in [-0.2, -0.15) is 4.99 Å². The molecule has 8 nitrogen and oxygen atoms in total. The van der Waals surface area contributed by atoms with Crippen LogP contribution in [0.5, 0.6) is 0 Å². The van der Waals surface area contributed by atoms with Gasteiger partial charge in [0, 0.05) is 44.3 Å². The van der Waals surface area contributed by atoms with E-state index in [0.29, 0.717) is 10.5 Å². The molecule has 5 rings (SSSR count). The lowest BCUT2D eigenvalue weighted by Crippen LogP contribution is -2.62. The highest BCUT2D eigenvalue weighted by Crippen LogP contribution is 2.36. The van der Waals surface area contributed by atoms with Crippen LogP contribution >= 0.6 is 0 Å². The van der Waals surface area contributed by atoms with E-state index in [1.165, 1.54) is 11.1 Å². The minimum absolute atomic E-state index is 0.0209. The fourth-order valence-electron chi connectivity index (χ4n) is 5.36. The number of quaternary nitrogens is 1. The minimum Gasteiger partial charge on any atom is -0.338 e. The van der Waals surface area contributed by atoms with Crippen LogP contribution in [0.25, 0.3) is 0 Å². The van der Waals surface area contributed by atoms with Gasteiger partial charge in [0.25, 0.3) is 0 Å². The predicted molar refractivity (Wildman–Crippen MR) is 142 cm³/mol. The Hall–Kier alpha value is -3.13. The van der Waals surface area contributed by atoms with Crippen LogP contribution in [-0.4, -0.2) is 76.5 Å². The van der Waals surface area contributed by atoms with Crippen molar-refractivity contribution in [1.29, 1.82) is 0 Å². The monoisotopic (exact) mass is 475 g/mol. The first-order valence-corrected chi connectivity index (χ1v) is 12.6. The van der Waals surface area contributed by atoms with E-state index in [1.807, 2.05) is 18.9 Å². The van der Waals surface area contributed by atoms with E-state index in [1.54, 1.807) is 0 Å². The molecule has 0 bridgehead atoms. The van der Waals surface area contributed by atoms with Crippen LogP contribution in [-0.2, 0) is 5.41 Å². The second kappa shape index (κ2) is 8.52. The summed E-state index contributed by atoms with van der Waals surface area (Å²) in [6.45, 7) is 10.8. The van der Waals surface area contributed by atoms with Crippen LogP contribution in [0.2, 0.25) is 0 Å². The Bertz CT molecular complexity index is 1170. The number of aromatic nitrogens is 2. The number of hydrogen-bond donors (Lipinski definition) is 1. The Morgan fingerprint density at radius 2 is 1.86 bits per heavy atom. The number of nitrogens with one attached hydrogen (secondary N) is 1. The normalized spacial score (nSPS) is 22.5. The molecule has 1 saturated heterocycles. The summed E-state index contributed by atoms with van der Waals surface area (Å²) in [4.78, 5) is 19.0. The maximum Gasteiger partial charge on any atom is 0.308 e. The van der Waals surface area contributed by atoms with Crippen molar-refractivity contribution in [2.75, 3.05) is 39.5 Å². The minimum atomic E-state index is -0.0209. The van der Waals surface area contributed by atoms with E-state index < -0.39 is 0 Å². The number of likely N-dealkylation sites (tertiary alicyclic amines) is 1. The van der Waals surface area contributed by atoms with Crippen molar-refractivity contribution < 1.29 is 4.48 Å². The van der Waals surface area contributed by atoms with Crippen molar-refractivity contribution in [2.45, 2.75) is 58.2 Å². The molecule has 1 unspecified atom stereocenters. The lowest BCUT2D eigenvalue weighted by atomic mass is 9.86. The number of aryl methyl sites for hydroxylation is 1. The van der Waals surface area contributed by atoms with Gasteiger partial charge in [0.2, 0.25) is 6.17 Å². The third kappa shape index (κ3) is 4.24. The van der Waals surface area contributed by atoms with Gasteiger partial charge in [-0.3, -0.25) is 0 Å². The van der Waals surface area contributed by atoms with Gasteiger partial charge in [-0.15, -0.1) is 0 Å². The summed E-state index contributed by atoms with van der Waals surface area (Å²) in [6.07, 6.45) is 9.95. The zero-order valence-corrected chi connectivity index (χ0v) is 22.2. The number of aliphatic imine (C=N–C) groups is 2. The van der Waals surface area contributed by atoms with E-state index in [-0.39, 0.29) is 11.6 Å². The molecular formula is C27H39N8+. The molecule has 0 amide bonds. The smallest absolute Gasteiger partial charge is 0.308 e. The van der Waals surface area contributed by atoms with E-state index in [4.69, 9.17) is 9.98 Å². The first kappa shape index (κ1) is 23.6. The average Bonchev–Trinajstić information content (AvgIpc) is 3.47. The highest BCUT2D eigenvalue weighted by atomic mass is 15.6. The van der Waals surface area contributed by atoms with E-state index >= 15 is 0 Å². The Labute approximate surface area is 209 Å². The number of imidazole rings is 1. The van der Waals surface area contributed by atoms with Crippen LogP contribution in [0, 0.1) is 6.92 Å². The highest BCUT2D eigenvalue weighted by molar-refractivity contribution is 5.79. The number of hydrogen-bond acceptors (Lipinski definition) is 6. The molecule has 0 saturated carbocycles. The average molecular weight is 476 g/mol. The number of nitrogens with zero attached hydrogens (tertiary/aromatic N) is 7. The van der Waals surface area contributed by atoms with Crippen molar-refractivity contribution in [2.24, 2.45) is 9.98 Å². The molecule has 1 fully saturated rings. The second-order valence-corrected chi connectivity index (χ2v) is 11.6. The van der Waals surface area contributed by atoms with E-state index in [9.17, 15) is 0 Å². The van der Waals surface area contributed by atoms with Gasteiger partial charge < -0.3 is 19.7 Å². The molecule has 1 aromatic heterocycles.